The molecule has 9 heteroatoms. The van der Waals surface area contributed by atoms with E-state index >= 15 is 0 Å². The van der Waals surface area contributed by atoms with E-state index in [2.05, 4.69) is 34.3 Å². The summed E-state index contributed by atoms with van der Waals surface area (Å²) in [5, 5.41) is 11.7. The molecule has 0 aromatic carbocycles. The third-order valence-corrected chi connectivity index (χ3v) is 5.16. The highest BCUT2D eigenvalue weighted by Gasteiger charge is 2.28. The van der Waals surface area contributed by atoms with Crippen LogP contribution in [0.3, 0.4) is 0 Å². The average molecular weight is 468 g/mol. The third-order valence-electron chi connectivity index (χ3n) is 3.87. The molecule has 2 heterocycles. The molecular formula is C15H29IN6OS. The highest BCUT2D eigenvalue weighted by atomic mass is 127. The van der Waals surface area contributed by atoms with E-state index in [4.69, 9.17) is 9.73 Å². The Hall–Kier alpha value is -0.550. The first kappa shape index (κ1) is 21.5. The fraction of sp³-hybridized carbons (Fsp3) is 0.800. The number of ether oxygens (including phenoxy) is 1. The monoisotopic (exact) mass is 468 g/mol. The molecule has 0 atom stereocenters. The van der Waals surface area contributed by atoms with Crippen molar-refractivity contribution in [3.8, 4) is 0 Å². The molecular weight excluding hydrogens is 439 g/mol. The lowest BCUT2D eigenvalue weighted by atomic mass is 10.2. The van der Waals surface area contributed by atoms with E-state index in [0.29, 0.717) is 13.2 Å². The molecule has 1 aromatic rings. The highest BCUT2D eigenvalue weighted by molar-refractivity contribution is 14.0. The maximum atomic E-state index is 5.14. The van der Waals surface area contributed by atoms with Gasteiger partial charge in [0.05, 0.1) is 6.61 Å². The maximum absolute atomic E-state index is 5.14. The predicted octanol–water partition coefficient (Wildman–Crippen LogP) is 1.66. The van der Waals surface area contributed by atoms with Gasteiger partial charge in [-0.25, -0.2) is 4.99 Å². The van der Waals surface area contributed by atoms with Crippen molar-refractivity contribution in [2.45, 2.75) is 32.1 Å². The molecule has 138 valence electrons. The first-order chi connectivity index (χ1) is 10.9. The van der Waals surface area contributed by atoms with E-state index in [1.54, 1.807) is 7.11 Å². The van der Waals surface area contributed by atoms with Crippen molar-refractivity contribution in [2.24, 2.45) is 12.0 Å². The van der Waals surface area contributed by atoms with Gasteiger partial charge in [-0.2, -0.15) is 11.8 Å². The molecule has 0 amide bonds. The van der Waals surface area contributed by atoms with Gasteiger partial charge in [-0.3, -0.25) is 0 Å². The Balaban J connectivity index is 0.00000288. The lowest BCUT2D eigenvalue weighted by molar-refractivity contribution is 0.202. The van der Waals surface area contributed by atoms with E-state index in [1.165, 1.54) is 0 Å². The zero-order valence-corrected chi connectivity index (χ0v) is 18.4. The van der Waals surface area contributed by atoms with Gasteiger partial charge >= 0.3 is 0 Å². The van der Waals surface area contributed by atoms with Gasteiger partial charge in [-0.05, 0) is 20.8 Å². The molecule has 1 fully saturated rings. The Bertz CT molecular complexity index is 548. The van der Waals surface area contributed by atoms with Crippen LogP contribution in [0.2, 0.25) is 0 Å². The van der Waals surface area contributed by atoms with Crippen LogP contribution in [0.4, 0.5) is 0 Å². The minimum Gasteiger partial charge on any atom is -0.383 e. The second kappa shape index (κ2) is 9.81. The normalized spacial score (nSPS) is 17.5. The molecule has 1 saturated heterocycles. The molecule has 1 aromatic heterocycles. The lowest BCUT2D eigenvalue weighted by Gasteiger charge is -2.39. The van der Waals surface area contributed by atoms with Gasteiger partial charge in [0.25, 0.3) is 0 Å². The number of nitrogens with one attached hydrogen (secondary N) is 1. The van der Waals surface area contributed by atoms with Gasteiger partial charge in [0.1, 0.15) is 12.4 Å². The number of aliphatic imine (C=N–C) groups is 1. The maximum Gasteiger partial charge on any atom is 0.194 e. The molecule has 0 spiro atoms. The van der Waals surface area contributed by atoms with Crippen LogP contribution in [0, 0.1) is 6.92 Å². The standard InChI is InChI=1S/C15H28N6OS.HI/c1-12-18-19-13(20(12)4)10-17-14(16-6-8-22-5)21-7-9-23-15(2,3)11-21;/h6-11H2,1-5H3,(H,16,17);1H. The summed E-state index contributed by atoms with van der Waals surface area (Å²) in [6.45, 7) is 10.4. The van der Waals surface area contributed by atoms with Crippen LogP contribution >= 0.6 is 35.7 Å². The highest BCUT2D eigenvalue weighted by Crippen LogP contribution is 2.29. The summed E-state index contributed by atoms with van der Waals surface area (Å²) in [7, 11) is 3.68. The SMILES string of the molecule is COCCNC(=NCc1nnc(C)n1C)N1CCSC(C)(C)C1.I. The van der Waals surface area contributed by atoms with Gasteiger partial charge in [0.15, 0.2) is 11.8 Å². The van der Waals surface area contributed by atoms with Crippen LogP contribution in [0.5, 0.6) is 0 Å². The average Bonchev–Trinajstić information content (AvgIpc) is 2.81. The van der Waals surface area contributed by atoms with Gasteiger partial charge in [-0.15, -0.1) is 34.2 Å². The van der Waals surface area contributed by atoms with E-state index in [1.807, 2.05) is 30.3 Å². The number of hydrogen-bond acceptors (Lipinski definition) is 5. The first-order valence-corrected chi connectivity index (χ1v) is 8.92. The molecule has 24 heavy (non-hydrogen) atoms. The molecule has 7 nitrogen and oxygen atoms in total. The largest absolute Gasteiger partial charge is 0.383 e. The van der Waals surface area contributed by atoms with E-state index in [9.17, 15) is 0 Å². The van der Waals surface area contributed by atoms with E-state index in [0.717, 1.165) is 43.0 Å². The summed E-state index contributed by atoms with van der Waals surface area (Å²) >= 11 is 2.01. The number of aryl methyl sites for hydroxylation is 1. The van der Waals surface area contributed by atoms with Crippen molar-refractivity contribution in [1.82, 2.24) is 25.0 Å². The van der Waals surface area contributed by atoms with Crippen LogP contribution in [0.1, 0.15) is 25.5 Å². The number of rotatable bonds is 5. The number of thioether (sulfide) groups is 1. The number of aromatic nitrogens is 3. The Morgan fingerprint density at radius 2 is 2.17 bits per heavy atom. The Kier molecular flexibility index (Phi) is 8.78. The molecule has 0 unspecified atom stereocenters. The zero-order valence-electron chi connectivity index (χ0n) is 15.2. The summed E-state index contributed by atoms with van der Waals surface area (Å²) in [6, 6.07) is 0. The summed E-state index contributed by atoms with van der Waals surface area (Å²) in [4.78, 5) is 7.10. The second-order valence-electron chi connectivity index (χ2n) is 6.31. The molecule has 1 aliphatic rings. The Labute approximate surface area is 166 Å². The van der Waals surface area contributed by atoms with Crippen LogP contribution < -0.4 is 5.32 Å². The predicted molar refractivity (Wildman–Crippen MR) is 110 cm³/mol. The van der Waals surface area contributed by atoms with Crippen LogP contribution in [-0.4, -0.2) is 69.5 Å². The fourth-order valence-electron chi connectivity index (χ4n) is 2.46. The summed E-state index contributed by atoms with van der Waals surface area (Å²) < 4.78 is 7.36. The number of hydrogen-bond donors (Lipinski definition) is 1. The Morgan fingerprint density at radius 1 is 1.42 bits per heavy atom. The smallest absolute Gasteiger partial charge is 0.194 e. The molecule has 0 bridgehead atoms. The molecule has 0 radical (unpaired) electrons. The topological polar surface area (TPSA) is 67.6 Å². The molecule has 1 N–H and O–H groups in total. The number of nitrogens with zero attached hydrogens (tertiary/aromatic N) is 5. The zero-order chi connectivity index (χ0) is 16.9. The molecule has 0 saturated carbocycles. The quantitative estimate of drug-likeness (QED) is 0.307. The van der Waals surface area contributed by atoms with Gasteiger partial charge in [-0.1, -0.05) is 0 Å². The Morgan fingerprint density at radius 3 is 2.75 bits per heavy atom. The van der Waals surface area contributed by atoms with Crippen LogP contribution in [0.25, 0.3) is 0 Å². The van der Waals surface area contributed by atoms with Crippen LogP contribution in [-0.2, 0) is 18.3 Å². The van der Waals surface area contributed by atoms with Crippen molar-refractivity contribution < 1.29 is 4.74 Å². The number of methoxy groups -OCH3 is 1. The molecule has 1 aliphatic heterocycles. The van der Waals surface area contributed by atoms with E-state index in [-0.39, 0.29) is 28.7 Å². The number of guanidine groups is 1. The molecule has 0 aliphatic carbocycles. The van der Waals surface area contributed by atoms with Crippen LogP contribution in [0.15, 0.2) is 4.99 Å². The van der Waals surface area contributed by atoms with Gasteiger partial charge in [0.2, 0.25) is 0 Å². The van der Waals surface area contributed by atoms with E-state index < -0.39 is 0 Å². The first-order valence-electron chi connectivity index (χ1n) is 7.94. The number of halogens is 1. The van der Waals surface area contributed by atoms with Gasteiger partial charge < -0.3 is 19.5 Å². The minimum atomic E-state index is 0. The lowest BCUT2D eigenvalue weighted by Crippen LogP contribution is -2.51. The van der Waals surface area contributed by atoms with Gasteiger partial charge in [0, 0.05) is 44.3 Å². The summed E-state index contributed by atoms with van der Waals surface area (Å²) in [5.41, 5.74) is 0. The van der Waals surface area contributed by atoms with Crippen molar-refractivity contribution in [3.05, 3.63) is 11.6 Å². The fourth-order valence-corrected chi connectivity index (χ4v) is 3.58. The second-order valence-corrected chi connectivity index (χ2v) is 8.11. The third kappa shape index (κ3) is 6.07. The van der Waals surface area contributed by atoms with Crippen molar-refractivity contribution in [1.29, 1.82) is 0 Å². The van der Waals surface area contributed by atoms with Crippen molar-refractivity contribution >= 4 is 41.7 Å². The summed E-state index contributed by atoms with van der Waals surface area (Å²) in [6.07, 6.45) is 0. The van der Waals surface area contributed by atoms with Crippen molar-refractivity contribution in [2.75, 3.05) is 39.1 Å². The van der Waals surface area contributed by atoms with Crippen molar-refractivity contribution in [3.63, 3.8) is 0 Å². The molecule has 2 rings (SSSR count). The summed E-state index contributed by atoms with van der Waals surface area (Å²) in [5.74, 6) is 3.82. The minimum absolute atomic E-state index is 0.